The standard InChI is InChI=1S/C15H15ClN2O2/c1-20-12-4-2-11(3-5-12)6-9-18-15(19)13-10-17-8-7-14(13)16/h2-5,7-8,10H,6,9H2,1H3,(H,18,19). The molecule has 1 N–H and O–H groups in total. The second-order valence-corrected chi connectivity index (χ2v) is 4.62. The highest BCUT2D eigenvalue weighted by Crippen LogP contribution is 2.13. The minimum Gasteiger partial charge on any atom is -0.497 e. The second-order valence-electron chi connectivity index (χ2n) is 4.21. The lowest BCUT2D eigenvalue weighted by molar-refractivity contribution is 0.0954. The van der Waals surface area contributed by atoms with Crippen molar-refractivity contribution in [2.75, 3.05) is 13.7 Å². The molecule has 20 heavy (non-hydrogen) atoms. The van der Waals surface area contributed by atoms with E-state index >= 15 is 0 Å². The van der Waals surface area contributed by atoms with Gasteiger partial charge < -0.3 is 10.1 Å². The molecule has 5 heteroatoms. The number of methoxy groups -OCH3 is 1. The Morgan fingerprint density at radius 1 is 1.30 bits per heavy atom. The summed E-state index contributed by atoms with van der Waals surface area (Å²) in [5.41, 5.74) is 1.52. The van der Waals surface area contributed by atoms with Gasteiger partial charge in [0.2, 0.25) is 0 Å². The Labute approximate surface area is 122 Å². The zero-order valence-corrected chi connectivity index (χ0v) is 11.9. The Kier molecular flexibility index (Phi) is 4.96. The van der Waals surface area contributed by atoms with E-state index in [4.69, 9.17) is 16.3 Å². The number of carbonyl (C=O) groups is 1. The van der Waals surface area contributed by atoms with Crippen molar-refractivity contribution in [3.05, 3.63) is 58.9 Å². The van der Waals surface area contributed by atoms with Crippen LogP contribution in [-0.4, -0.2) is 24.5 Å². The molecule has 0 aliphatic rings. The quantitative estimate of drug-likeness (QED) is 0.921. The predicted molar refractivity (Wildman–Crippen MR) is 78.3 cm³/mol. The minimum atomic E-state index is -0.211. The third kappa shape index (κ3) is 3.71. The number of pyridine rings is 1. The van der Waals surface area contributed by atoms with Crippen LogP contribution in [0.2, 0.25) is 5.02 Å². The zero-order valence-electron chi connectivity index (χ0n) is 11.1. The maximum atomic E-state index is 11.9. The Morgan fingerprint density at radius 2 is 2.05 bits per heavy atom. The van der Waals surface area contributed by atoms with Crippen LogP contribution in [-0.2, 0) is 6.42 Å². The molecule has 0 unspecified atom stereocenters. The molecule has 1 amide bonds. The molecule has 0 radical (unpaired) electrons. The van der Waals surface area contributed by atoms with Crippen LogP contribution in [0, 0.1) is 0 Å². The van der Waals surface area contributed by atoms with Crippen LogP contribution in [0.3, 0.4) is 0 Å². The van der Waals surface area contributed by atoms with Gasteiger partial charge in [-0.05, 0) is 30.2 Å². The maximum absolute atomic E-state index is 11.9. The van der Waals surface area contributed by atoms with Crippen molar-refractivity contribution in [1.29, 1.82) is 0 Å². The van der Waals surface area contributed by atoms with Crippen molar-refractivity contribution in [3.63, 3.8) is 0 Å². The molecule has 0 saturated carbocycles. The van der Waals surface area contributed by atoms with Crippen molar-refractivity contribution >= 4 is 17.5 Å². The molecule has 0 bridgehead atoms. The fourth-order valence-corrected chi connectivity index (χ4v) is 1.94. The summed E-state index contributed by atoms with van der Waals surface area (Å²) in [7, 11) is 1.63. The van der Waals surface area contributed by atoms with Crippen molar-refractivity contribution in [2.45, 2.75) is 6.42 Å². The molecule has 104 valence electrons. The van der Waals surface area contributed by atoms with E-state index < -0.39 is 0 Å². The number of nitrogens with one attached hydrogen (secondary N) is 1. The van der Waals surface area contributed by atoms with E-state index in [-0.39, 0.29) is 5.91 Å². The molecular weight excluding hydrogens is 276 g/mol. The first-order chi connectivity index (χ1) is 9.70. The molecule has 0 atom stereocenters. The molecular formula is C15H15ClN2O2. The van der Waals surface area contributed by atoms with Gasteiger partial charge in [0.15, 0.2) is 0 Å². The van der Waals surface area contributed by atoms with E-state index in [0.717, 1.165) is 17.7 Å². The summed E-state index contributed by atoms with van der Waals surface area (Å²) in [4.78, 5) is 15.8. The van der Waals surface area contributed by atoms with Crippen molar-refractivity contribution < 1.29 is 9.53 Å². The van der Waals surface area contributed by atoms with Crippen LogP contribution in [0.1, 0.15) is 15.9 Å². The summed E-state index contributed by atoms with van der Waals surface area (Å²) in [5, 5.41) is 3.23. The molecule has 1 heterocycles. The maximum Gasteiger partial charge on any atom is 0.254 e. The van der Waals surface area contributed by atoms with Crippen LogP contribution in [0.15, 0.2) is 42.7 Å². The summed E-state index contributed by atoms with van der Waals surface area (Å²) >= 11 is 5.93. The van der Waals surface area contributed by atoms with Gasteiger partial charge in [-0.15, -0.1) is 0 Å². The second kappa shape index (κ2) is 6.91. The predicted octanol–water partition coefficient (Wildman–Crippen LogP) is 2.72. The Hall–Kier alpha value is -2.07. The first-order valence-corrected chi connectivity index (χ1v) is 6.59. The van der Waals surface area contributed by atoms with Gasteiger partial charge in [-0.3, -0.25) is 9.78 Å². The van der Waals surface area contributed by atoms with Gasteiger partial charge in [0, 0.05) is 18.9 Å². The lowest BCUT2D eigenvalue weighted by Crippen LogP contribution is -2.26. The minimum absolute atomic E-state index is 0.211. The number of halogens is 1. The molecule has 2 rings (SSSR count). The smallest absolute Gasteiger partial charge is 0.254 e. The van der Waals surface area contributed by atoms with Gasteiger partial charge in [-0.1, -0.05) is 23.7 Å². The first kappa shape index (κ1) is 14.3. The lowest BCUT2D eigenvalue weighted by Gasteiger charge is -2.07. The fraction of sp³-hybridized carbons (Fsp3) is 0.200. The van der Waals surface area contributed by atoms with Gasteiger partial charge >= 0.3 is 0 Å². The highest BCUT2D eigenvalue weighted by atomic mass is 35.5. The van der Waals surface area contributed by atoms with E-state index in [9.17, 15) is 4.79 Å². The molecule has 2 aromatic rings. The van der Waals surface area contributed by atoms with E-state index in [1.54, 1.807) is 19.4 Å². The largest absolute Gasteiger partial charge is 0.497 e. The molecule has 0 fully saturated rings. The number of amides is 1. The molecule has 0 aliphatic carbocycles. The van der Waals surface area contributed by atoms with Gasteiger partial charge in [-0.25, -0.2) is 0 Å². The lowest BCUT2D eigenvalue weighted by atomic mass is 10.1. The molecule has 0 aliphatic heterocycles. The molecule has 1 aromatic carbocycles. The number of benzene rings is 1. The number of hydrogen-bond acceptors (Lipinski definition) is 3. The monoisotopic (exact) mass is 290 g/mol. The average molecular weight is 291 g/mol. The normalized spacial score (nSPS) is 10.1. The first-order valence-electron chi connectivity index (χ1n) is 6.21. The van der Waals surface area contributed by atoms with Gasteiger partial charge in [0.1, 0.15) is 5.75 Å². The van der Waals surface area contributed by atoms with Gasteiger partial charge in [0.25, 0.3) is 5.91 Å². The van der Waals surface area contributed by atoms with Gasteiger partial charge in [0.05, 0.1) is 17.7 Å². The molecule has 0 saturated heterocycles. The van der Waals surface area contributed by atoms with Crippen molar-refractivity contribution in [3.8, 4) is 5.75 Å². The summed E-state index contributed by atoms with van der Waals surface area (Å²) in [5.74, 6) is 0.608. The number of aromatic nitrogens is 1. The van der Waals surface area contributed by atoms with E-state index in [1.807, 2.05) is 24.3 Å². The topological polar surface area (TPSA) is 51.2 Å². The number of nitrogens with zero attached hydrogens (tertiary/aromatic N) is 1. The van der Waals surface area contributed by atoms with Crippen LogP contribution >= 0.6 is 11.6 Å². The highest BCUT2D eigenvalue weighted by Gasteiger charge is 2.09. The van der Waals surface area contributed by atoms with Crippen LogP contribution in [0.25, 0.3) is 0 Å². The number of rotatable bonds is 5. The van der Waals surface area contributed by atoms with E-state index in [0.29, 0.717) is 17.1 Å². The third-order valence-corrected chi connectivity index (χ3v) is 3.20. The number of hydrogen-bond donors (Lipinski definition) is 1. The summed E-state index contributed by atoms with van der Waals surface area (Å²) < 4.78 is 5.09. The van der Waals surface area contributed by atoms with E-state index in [1.165, 1.54) is 6.20 Å². The summed E-state index contributed by atoms with van der Waals surface area (Å²) in [6, 6.07) is 9.34. The Bertz CT molecular complexity index is 585. The summed E-state index contributed by atoms with van der Waals surface area (Å²) in [6.07, 6.45) is 3.76. The summed E-state index contributed by atoms with van der Waals surface area (Å²) in [6.45, 7) is 0.538. The van der Waals surface area contributed by atoms with Crippen LogP contribution in [0.5, 0.6) is 5.75 Å². The highest BCUT2D eigenvalue weighted by molar-refractivity contribution is 6.33. The van der Waals surface area contributed by atoms with Crippen molar-refractivity contribution in [2.24, 2.45) is 0 Å². The van der Waals surface area contributed by atoms with Crippen LogP contribution < -0.4 is 10.1 Å². The molecule has 0 spiro atoms. The van der Waals surface area contributed by atoms with Crippen LogP contribution in [0.4, 0.5) is 0 Å². The Morgan fingerprint density at radius 3 is 2.70 bits per heavy atom. The SMILES string of the molecule is COc1ccc(CCNC(=O)c2cnccc2Cl)cc1. The number of carbonyl (C=O) groups excluding carboxylic acids is 1. The third-order valence-electron chi connectivity index (χ3n) is 2.87. The van der Waals surface area contributed by atoms with E-state index in [2.05, 4.69) is 10.3 Å². The average Bonchev–Trinajstić information content (AvgIpc) is 2.48. The van der Waals surface area contributed by atoms with Crippen molar-refractivity contribution in [1.82, 2.24) is 10.3 Å². The fourth-order valence-electron chi connectivity index (χ4n) is 1.75. The zero-order chi connectivity index (χ0) is 14.4. The molecule has 1 aromatic heterocycles. The van der Waals surface area contributed by atoms with Gasteiger partial charge in [-0.2, -0.15) is 0 Å². The molecule has 4 nitrogen and oxygen atoms in total. The Balaban J connectivity index is 1.86. The number of ether oxygens (including phenoxy) is 1.